The number of benzene rings is 1. The second-order valence-corrected chi connectivity index (χ2v) is 6.85. The smallest absolute Gasteiger partial charge is 0.258 e. The molecule has 3 rings (SSSR count). The van der Waals surface area contributed by atoms with Gasteiger partial charge < -0.3 is 15.4 Å². The van der Waals surface area contributed by atoms with Crippen molar-refractivity contribution < 1.29 is 14.3 Å². The molecule has 0 aliphatic carbocycles. The van der Waals surface area contributed by atoms with Crippen molar-refractivity contribution in [3.8, 4) is 17.1 Å². The molecule has 2 amide bonds. The van der Waals surface area contributed by atoms with Gasteiger partial charge in [-0.15, -0.1) is 16.4 Å². The maximum Gasteiger partial charge on any atom is 0.258 e. The van der Waals surface area contributed by atoms with Gasteiger partial charge in [0, 0.05) is 29.9 Å². The van der Waals surface area contributed by atoms with Crippen LogP contribution in [-0.2, 0) is 11.8 Å². The Bertz CT molecular complexity index is 979. The molecule has 0 atom stereocenters. The van der Waals surface area contributed by atoms with Crippen LogP contribution in [0.1, 0.15) is 15.4 Å². The number of thiazole rings is 1. The molecule has 0 radical (unpaired) electrons. The molecule has 0 bridgehead atoms. The summed E-state index contributed by atoms with van der Waals surface area (Å²) >= 11 is 1.57. The largest absolute Gasteiger partial charge is 0.479 e. The van der Waals surface area contributed by atoms with Crippen molar-refractivity contribution in [3.05, 3.63) is 46.4 Å². The number of carbonyl (C=O) groups excluding carboxylic acids is 2. The highest BCUT2D eigenvalue weighted by molar-refractivity contribution is 7.09. The third kappa shape index (κ3) is 4.50. The Morgan fingerprint density at radius 1 is 1.33 bits per heavy atom. The molecule has 0 spiro atoms. The summed E-state index contributed by atoms with van der Waals surface area (Å²) < 4.78 is 6.52. The molecule has 0 fully saturated rings. The first-order valence-electron chi connectivity index (χ1n) is 8.14. The topological polar surface area (TPSA) is 98.1 Å². The van der Waals surface area contributed by atoms with Crippen molar-refractivity contribution in [3.63, 3.8) is 0 Å². The van der Waals surface area contributed by atoms with E-state index in [0.29, 0.717) is 5.69 Å². The van der Waals surface area contributed by atoms with E-state index in [4.69, 9.17) is 4.74 Å². The van der Waals surface area contributed by atoms with Gasteiger partial charge in [-0.1, -0.05) is 12.1 Å². The summed E-state index contributed by atoms with van der Waals surface area (Å²) in [5.74, 6) is -0.554. The molecule has 2 aromatic heterocycles. The van der Waals surface area contributed by atoms with Crippen LogP contribution in [0.2, 0.25) is 0 Å². The van der Waals surface area contributed by atoms with Crippen molar-refractivity contribution in [2.45, 2.75) is 6.92 Å². The normalized spacial score (nSPS) is 10.5. The monoisotopic (exact) mass is 385 g/mol. The molecule has 0 saturated heterocycles. The summed E-state index contributed by atoms with van der Waals surface area (Å²) in [6, 6.07) is 7.41. The van der Waals surface area contributed by atoms with Gasteiger partial charge in [0.25, 0.3) is 5.91 Å². The average molecular weight is 385 g/mol. The van der Waals surface area contributed by atoms with Crippen molar-refractivity contribution in [2.75, 3.05) is 19.0 Å². The fourth-order valence-electron chi connectivity index (χ4n) is 2.49. The maximum absolute atomic E-state index is 12.2. The lowest BCUT2D eigenvalue weighted by Gasteiger charge is -2.08. The first-order chi connectivity index (χ1) is 13.0. The van der Waals surface area contributed by atoms with Crippen molar-refractivity contribution in [2.24, 2.45) is 7.05 Å². The number of ether oxygens (including phenoxy) is 1. The molecule has 0 aliphatic rings. The average Bonchev–Trinajstić information content (AvgIpc) is 3.25. The van der Waals surface area contributed by atoms with Gasteiger partial charge in [0.05, 0.1) is 24.4 Å². The molecule has 2 N–H and O–H groups in total. The predicted octanol–water partition coefficient (Wildman–Crippen LogP) is 2.23. The Labute approximate surface area is 160 Å². The minimum atomic E-state index is -0.429. The molecular formula is C18H19N5O3S. The van der Waals surface area contributed by atoms with E-state index in [2.05, 4.69) is 20.7 Å². The van der Waals surface area contributed by atoms with Crippen molar-refractivity contribution in [1.82, 2.24) is 20.1 Å². The van der Waals surface area contributed by atoms with Gasteiger partial charge in [-0.05, 0) is 19.1 Å². The van der Waals surface area contributed by atoms with Gasteiger partial charge in [0.15, 0.2) is 0 Å². The van der Waals surface area contributed by atoms with Crippen LogP contribution in [0, 0.1) is 6.92 Å². The second kappa shape index (κ2) is 8.00. The van der Waals surface area contributed by atoms with Crippen molar-refractivity contribution >= 4 is 28.8 Å². The standard InChI is InChI=1S/C18H19N5O3S/c1-11-20-15(10-27-11)12-5-4-6-13(7-12)21-16(24)8-19-17(25)14-9-23(2)22-18(14)26-3/h4-7,9-10H,8H2,1-3H3,(H,19,25)(H,21,24). The van der Waals surface area contributed by atoms with E-state index in [0.717, 1.165) is 16.3 Å². The Kier molecular flexibility index (Phi) is 5.51. The molecule has 8 nitrogen and oxygen atoms in total. The number of nitrogens with zero attached hydrogens (tertiary/aromatic N) is 3. The molecular weight excluding hydrogens is 366 g/mol. The van der Waals surface area contributed by atoms with Crippen LogP contribution in [0.25, 0.3) is 11.3 Å². The number of anilines is 1. The molecule has 140 valence electrons. The number of rotatable bonds is 6. The second-order valence-electron chi connectivity index (χ2n) is 5.79. The molecule has 0 unspecified atom stereocenters. The lowest BCUT2D eigenvalue weighted by atomic mass is 10.1. The zero-order chi connectivity index (χ0) is 19.4. The summed E-state index contributed by atoms with van der Waals surface area (Å²) in [6.45, 7) is 1.77. The van der Waals surface area contributed by atoms with E-state index >= 15 is 0 Å². The highest BCUT2D eigenvalue weighted by Gasteiger charge is 2.17. The summed E-state index contributed by atoms with van der Waals surface area (Å²) in [4.78, 5) is 28.8. The molecule has 2 heterocycles. The Morgan fingerprint density at radius 3 is 2.85 bits per heavy atom. The number of nitrogens with one attached hydrogen (secondary N) is 2. The van der Waals surface area contributed by atoms with Crippen LogP contribution in [-0.4, -0.2) is 40.2 Å². The zero-order valence-corrected chi connectivity index (χ0v) is 16.0. The third-order valence-electron chi connectivity index (χ3n) is 3.70. The van der Waals surface area contributed by atoms with Gasteiger partial charge in [-0.2, -0.15) is 0 Å². The first kappa shape index (κ1) is 18.6. The van der Waals surface area contributed by atoms with Crippen LogP contribution < -0.4 is 15.4 Å². The third-order valence-corrected chi connectivity index (χ3v) is 4.48. The maximum atomic E-state index is 12.2. The fourth-order valence-corrected chi connectivity index (χ4v) is 3.11. The lowest BCUT2D eigenvalue weighted by Crippen LogP contribution is -2.32. The zero-order valence-electron chi connectivity index (χ0n) is 15.1. The van der Waals surface area contributed by atoms with E-state index in [-0.39, 0.29) is 23.9 Å². The number of methoxy groups -OCH3 is 1. The van der Waals surface area contributed by atoms with E-state index in [9.17, 15) is 9.59 Å². The molecule has 9 heteroatoms. The number of aryl methyl sites for hydroxylation is 2. The van der Waals surface area contributed by atoms with Crippen LogP contribution >= 0.6 is 11.3 Å². The minimum Gasteiger partial charge on any atom is -0.479 e. The molecule has 3 aromatic rings. The molecule has 0 aliphatic heterocycles. The highest BCUT2D eigenvalue weighted by Crippen LogP contribution is 2.24. The van der Waals surface area contributed by atoms with Crippen LogP contribution in [0.5, 0.6) is 5.88 Å². The molecule has 27 heavy (non-hydrogen) atoms. The van der Waals surface area contributed by atoms with E-state index in [1.807, 2.05) is 30.5 Å². The Hall–Kier alpha value is -3.20. The van der Waals surface area contributed by atoms with E-state index < -0.39 is 5.91 Å². The van der Waals surface area contributed by atoms with Crippen LogP contribution in [0.15, 0.2) is 35.8 Å². The quantitative estimate of drug-likeness (QED) is 0.678. The van der Waals surface area contributed by atoms with Gasteiger partial charge in [-0.25, -0.2) is 4.98 Å². The Morgan fingerprint density at radius 2 is 2.15 bits per heavy atom. The van der Waals surface area contributed by atoms with Gasteiger partial charge in [0.1, 0.15) is 5.56 Å². The number of amides is 2. The van der Waals surface area contributed by atoms with Crippen molar-refractivity contribution in [1.29, 1.82) is 0 Å². The summed E-state index contributed by atoms with van der Waals surface area (Å²) in [6.07, 6.45) is 1.53. The molecule has 0 saturated carbocycles. The van der Waals surface area contributed by atoms with Gasteiger partial charge in [0.2, 0.25) is 11.8 Å². The summed E-state index contributed by atoms with van der Waals surface area (Å²) in [5, 5.41) is 12.3. The number of aromatic nitrogens is 3. The van der Waals surface area contributed by atoms with Gasteiger partial charge in [-0.3, -0.25) is 14.3 Å². The SMILES string of the molecule is COc1nn(C)cc1C(=O)NCC(=O)Nc1cccc(-c2csc(C)n2)c1. The Balaban J connectivity index is 1.60. The first-order valence-corrected chi connectivity index (χ1v) is 9.02. The number of hydrogen-bond acceptors (Lipinski definition) is 6. The minimum absolute atomic E-state index is 0.170. The van der Waals surface area contributed by atoms with Crippen LogP contribution in [0.4, 0.5) is 5.69 Å². The number of carbonyl (C=O) groups is 2. The van der Waals surface area contributed by atoms with Gasteiger partial charge >= 0.3 is 0 Å². The van der Waals surface area contributed by atoms with E-state index in [1.165, 1.54) is 18.0 Å². The fraction of sp³-hybridized carbons (Fsp3) is 0.222. The summed E-state index contributed by atoms with van der Waals surface area (Å²) in [7, 11) is 3.12. The highest BCUT2D eigenvalue weighted by atomic mass is 32.1. The summed E-state index contributed by atoms with van der Waals surface area (Å²) in [5.41, 5.74) is 2.69. The predicted molar refractivity (Wildman–Crippen MR) is 103 cm³/mol. The van der Waals surface area contributed by atoms with Crippen LogP contribution in [0.3, 0.4) is 0 Å². The molecule has 1 aromatic carbocycles. The number of hydrogen-bond donors (Lipinski definition) is 2. The van der Waals surface area contributed by atoms with E-state index in [1.54, 1.807) is 24.5 Å². The lowest BCUT2D eigenvalue weighted by molar-refractivity contribution is -0.115.